The molecular formula is C15H15ClN2O3. The molecule has 110 valence electrons. The van der Waals surface area contributed by atoms with Gasteiger partial charge in [0.15, 0.2) is 0 Å². The predicted octanol–water partition coefficient (Wildman–Crippen LogP) is 3.93. The molecule has 0 unspecified atom stereocenters. The Morgan fingerprint density at radius 1 is 1.24 bits per heavy atom. The standard InChI is InChI=1S/C15H15ClN2O3/c16-12-4-1-5-13(10-12)21-15-7-6-11(3-2-8-17)9-14(15)18(19)20/h1,4-7,9-10H,2-3,8,17H2. The van der Waals surface area contributed by atoms with Crippen LogP contribution in [0.25, 0.3) is 0 Å². The summed E-state index contributed by atoms with van der Waals surface area (Å²) in [5, 5.41) is 11.7. The SMILES string of the molecule is NCCCc1ccc(Oc2cccc(Cl)c2)c([N+](=O)[O-])c1. The Morgan fingerprint density at radius 3 is 2.71 bits per heavy atom. The van der Waals surface area contributed by atoms with Crippen LogP contribution in [0.1, 0.15) is 12.0 Å². The molecule has 2 rings (SSSR count). The average Bonchev–Trinajstić information content (AvgIpc) is 2.46. The number of nitrogens with two attached hydrogens (primary N) is 1. The number of nitrogens with zero attached hydrogens (tertiary/aromatic N) is 1. The van der Waals surface area contributed by atoms with Crippen LogP contribution in [0.3, 0.4) is 0 Å². The Bertz CT molecular complexity index is 647. The molecule has 0 saturated heterocycles. The number of nitro benzene ring substituents is 1. The van der Waals surface area contributed by atoms with E-state index in [0.29, 0.717) is 23.7 Å². The van der Waals surface area contributed by atoms with Gasteiger partial charge in [0.1, 0.15) is 5.75 Å². The van der Waals surface area contributed by atoms with Gasteiger partial charge < -0.3 is 10.5 Å². The van der Waals surface area contributed by atoms with Crippen LogP contribution >= 0.6 is 11.6 Å². The van der Waals surface area contributed by atoms with Gasteiger partial charge in [-0.05, 0) is 49.2 Å². The van der Waals surface area contributed by atoms with E-state index in [0.717, 1.165) is 12.0 Å². The van der Waals surface area contributed by atoms with Crippen molar-refractivity contribution in [3.8, 4) is 11.5 Å². The van der Waals surface area contributed by atoms with Crippen molar-refractivity contribution in [2.45, 2.75) is 12.8 Å². The summed E-state index contributed by atoms with van der Waals surface area (Å²) < 4.78 is 5.56. The van der Waals surface area contributed by atoms with E-state index in [2.05, 4.69) is 0 Å². The van der Waals surface area contributed by atoms with Crippen molar-refractivity contribution in [1.82, 2.24) is 0 Å². The molecule has 0 amide bonds. The second kappa shape index (κ2) is 7.06. The molecule has 21 heavy (non-hydrogen) atoms. The van der Waals surface area contributed by atoms with Crippen molar-refractivity contribution in [2.24, 2.45) is 5.73 Å². The van der Waals surface area contributed by atoms with E-state index in [9.17, 15) is 10.1 Å². The first-order valence-corrected chi connectivity index (χ1v) is 6.89. The number of aryl methyl sites for hydroxylation is 1. The second-order valence-electron chi connectivity index (χ2n) is 4.51. The third-order valence-electron chi connectivity index (χ3n) is 2.91. The summed E-state index contributed by atoms with van der Waals surface area (Å²) in [6, 6.07) is 11.7. The van der Waals surface area contributed by atoms with Crippen LogP contribution in [0.2, 0.25) is 5.02 Å². The molecule has 5 nitrogen and oxygen atoms in total. The molecule has 0 aliphatic rings. The molecule has 0 radical (unpaired) electrons. The molecule has 0 fully saturated rings. The maximum atomic E-state index is 11.2. The number of ether oxygens (including phenoxy) is 1. The van der Waals surface area contributed by atoms with Crippen LogP contribution in [0.15, 0.2) is 42.5 Å². The molecule has 0 saturated carbocycles. The molecule has 0 heterocycles. The highest BCUT2D eigenvalue weighted by molar-refractivity contribution is 6.30. The maximum absolute atomic E-state index is 11.2. The summed E-state index contributed by atoms with van der Waals surface area (Å²) in [7, 11) is 0. The Kier molecular flexibility index (Phi) is 5.14. The van der Waals surface area contributed by atoms with Gasteiger partial charge in [-0.15, -0.1) is 0 Å². The first-order valence-electron chi connectivity index (χ1n) is 6.51. The fourth-order valence-electron chi connectivity index (χ4n) is 1.91. The third kappa shape index (κ3) is 4.18. The van der Waals surface area contributed by atoms with E-state index in [1.54, 1.807) is 30.3 Å². The maximum Gasteiger partial charge on any atom is 0.311 e. The molecule has 0 aliphatic heterocycles. The Hall–Kier alpha value is -2.11. The van der Waals surface area contributed by atoms with Gasteiger partial charge >= 0.3 is 5.69 Å². The topological polar surface area (TPSA) is 78.4 Å². The quantitative estimate of drug-likeness (QED) is 0.648. The summed E-state index contributed by atoms with van der Waals surface area (Å²) in [6.07, 6.45) is 1.49. The lowest BCUT2D eigenvalue weighted by Gasteiger charge is -2.08. The number of benzene rings is 2. The number of rotatable bonds is 6. The van der Waals surface area contributed by atoms with Gasteiger partial charge in [0.2, 0.25) is 5.75 Å². The summed E-state index contributed by atoms with van der Waals surface area (Å²) in [5.41, 5.74) is 6.25. The lowest BCUT2D eigenvalue weighted by Crippen LogP contribution is -2.01. The number of nitro groups is 1. The van der Waals surface area contributed by atoms with Crippen LogP contribution in [0, 0.1) is 10.1 Å². The fourth-order valence-corrected chi connectivity index (χ4v) is 2.09. The van der Waals surface area contributed by atoms with Gasteiger partial charge in [-0.1, -0.05) is 23.7 Å². The number of halogens is 1. The van der Waals surface area contributed by atoms with Crippen molar-refractivity contribution in [3.05, 3.63) is 63.2 Å². The van der Waals surface area contributed by atoms with Crippen LogP contribution < -0.4 is 10.5 Å². The van der Waals surface area contributed by atoms with Gasteiger partial charge in [0.05, 0.1) is 4.92 Å². The monoisotopic (exact) mass is 306 g/mol. The highest BCUT2D eigenvalue weighted by Crippen LogP contribution is 2.33. The van der Waals surface area contributed by atoms with E-state index >= 15 is 0 Å². The molecule has 0 aromatic heterocycles. The van der Waals surface area contributed by atoms with E-state index in [4.69, 9.17) is 22.1 Å². The first-order chi connectivity index (χ1) is 10.1. The van der Waals surface area contributed by atoms with Crippen LogP contribution in [0.4, 0.5) is 5.69 Å². The van der Waals surface area contributed by atoms with Crippen molar-refractivity contribution in [3.63, 3.8) is 0 Å². The van der Waals surface area contributed by atoms with E-state index in [1.807, 2.05) is 6.07 Å². The lowest BCUT2D eigenvalue weighted by molar-refractivity contribution is -0.385. The minimum absolute atomic E-state index is 0.0653. The van der Waals surface area contributed by atoms with Crippen molar-refractivity contribution < 1.29 is 9.66 Å². The van der Waals surface area contributed by atoms with Crippen molar-refractivity contribution >= 4 is 17.3 Å². The van der Waals surface area contributed by atoms with Gasteiger partial charge in [0.25, 0.3) is 0 Å². The molecule has 2 N–H and O–H groups in total. The van der Waals surface area contributed by atoms with Gasteiger partial charge in [-0.2, -0.15) is 0 Å². The summed E-state index contributed by atoms with van der Waals surface area (Å²) >= 11 is 5.87. The largest absolute Gasteiger partial charge is 0.450 e. The van der Waals surface area contributed by atoms with E-state index in [1.165, 1.54) is 6.07 Å². The van der Waals surface area contributed by atoms with Crippen molar-refractivity contribution in [1.29, 1.82) is 0 Å². The number of hydrogen-bond donors (Lipinski definition) is 1. The van der Waals surface area contributed by atoms with Crippen LogP contribution in [0.5, 0.6) is 11.5 Å². The Balaban J connectivity index is 2.28. The molecule has 2 aromatic carbocycles. The molecule has 0 spiro atoms. The second-order valence-corrected chi connectivity index (χ2v) is 4.95. The Labute approximate surface area is 127 Å². The normalized spacial score (nSPS) is 10.4. The van der Waals surface area contributed by atoms with E-state index in [-0.39, 0.29) is 11.4 Å². The fraction of sp³-hybridized carbons (Fsp3) is 0.200. The highest BCUT2D eigenvalue weighted by Gasteiger charge is 2.16. The Morgan fingerprint density at radius 2 is 2.05 bits per heavy atom. The average molecular weight is 307 g/mol. The molecule has 0 atom stereocenters. The minimum Gasteiger partial charge on any atom is -0.450 e. The molecule has 0 aliphatic carbocycles. The zero-order chi connectivity index (χ0) is 15.2. The highest BCUT2D eigenvalue weighted by atomic mass is 35.5. The van der Waals surface area contributed by atoms with Gasteiger partial charge in [0, 0.05) is 11.1 Å². The molecule has 0 bridgehead atoms. The van der Waals surface area contributed by atoms with E-state index < -0.39 is 4.92 Å². The first kappa shape index (κ1) is 15.3. The zero-order valence-electron chi connectivity index (χ0n) is 11.3. The predicted molar refractivity (Wildman–Crippen MR) is 82.0 cm³/mol. The summed E-state index contributed by atoms with van der Waals surface area (Å²) in [4.78, 5) is 10.7. The molecular weight excluding hydrogens is 292 g/mol. The lowest BCUT2D eigenvalue weighted by atomic mass is 10.1. The molecule has 2 aromatic rings. The van der Waals surface area contributed by atoms with Gasteiger partial charge in [-0.25, -0.2) is 0 Å². The third-order valence-corrected chi connectivity index (χ3v) is 3.15. The van der Waals surface area contributed by atoms with Crippen LogP contribution in [-0.2, 0) is 6.42 Å². The summed E-state index contributed by atoms with van der Waals surface area (Å²) in [5.74, 6) is 0.652. The molecule has 6 heteroatoms. The van der Waals surface area contributed by atoms with Crippen LogP contribution in [-0.4, -0.2) is 11.5 Å². The smallest absolute Gasteiger partial charge is 0.311 e. The van der Waals surface area contributed by atoms with Gasteiger partial charge in [-0.3, -0.25) is 10.1 Å². The number of hydrogen-bond acceptors (Lipinski definition) is 4. The summed E-state index contributed by atoms with van der Waals surface area (Å²) in [6.45, 7) is 0.550. The zero-order valence-corrected chi connectivity index (χ0v) is 12.0. The van der Waals surface area contributed by atoms with Crippen molar-refractivity contribution in [2.75, 3.05) is 6.54 Å². The minimum atomic E-state index is -0.453.